The average molecular weight is 324 g/mol. The molecule has 1 atom stereocenters. The number of rotatable bonds is 4. The van der Waals surface area contributed by atoms with E-state index in [4.69, 9.17) is 5.26 Å². The number of thiophene rings is 1. The third-order valence-corrected chi connectivity index (χ3v) is 6.61. The molecule has 21 heavy (non-hydrogen) atoms. The van der Waals surface area contributed by atoms with Crippen molar-refractivity contribution in [3.05, 3.63) is 52.7 Å². The number of halogens is 1. The quantitative estimate of drug-likeness (QED) is 0.868. The zero-order valence-corrected chi connectivity index (χ0v) is 13.1. The van der Waals surface area contributed by atoms with E-state index in [2.05, 4.69) is 0 Å². The van der Waals surface area contributed by atoms with Crippen molar-refractivity contribution in [3.8, 4) is 6.07 Å². The SMILES string of the molecule is C[C@H](c1ccc(F)cc1)N(C)S(=O)(=O)c1ccc(C#N)s1. The molecule has 110 valence electrons. The van der Waals surface area contributed by atoms with Crippen LogP contribution in [0, 0.1) is 17.1 Å². The van der Waals surface area contributed by atoms with E-state index in [-0.39, 0.29) is 10.0 Å². The fourth-order valence-electron chi connectivity index (χ4n) is 1.82. The van der Waals surface area contributed by atoms with Gasteiger partial charge < -0.3 is 0 Å². The Balaban J connectivity index is 2.31. The second-order valence-corrected chi connectivity index (χ2v) is 7.79. The first-order valence-electron chi connectivity index (χ1n) is 6.09. The Labute approximate surface area is 127 Å². The number of nitriles is 1. The summed E-state index contributed by atoms with van der Waals surface area (Å²) in [5.74, 6) is -0.367. The van der Waals surface area contributed by atoms with Crippen LogP contribution in [0.5, 0.6) is 0 Å². The van der Waals surface area contributed by atoms with Gasteiger partial charge in [-0.15, -0.1) is 11.3 Å². The molecule has 7 heteroatoms. The average Bonchev–Trinajstić information content (AvgIpc) is 2.96. The second kappa shape index (κ2) is 5.93. The largest absolute Gasteiger partial charge is 0.252 e. The summed E-state index contributed by atoms with van der Waals surface area (Å²) in [6.45, 7) is 1.73. The van der Waals surface area contributed by atoms with Crippen LogP contribution in [0.15, 0.2) is 40.6 Å². The van der Waals surface area contributed by atoms with Gasteiger partial charge >= 0.3 is 0 Å². The maximum Gasteiger partial charge on any atom is 0.252 e. The highest BCUT2D eigenvalue weighted by molar-refractivity contribution is 7.91. The van der Waals surface area contributed by atoms with Crippen molar-refractivity contribution in [2.75, 3.05) is 7.05 Å². The molecular weight excluding hydrogens is 311 g/mol. The lowest BCUT2D eigenvalue weighted by molar-refractivity contribution is 0.399. The lowest BCUT2D eigenvalue weighted by Crippen LogP contribution is -2.29. The van der Waals surface area contributed by atoms with Crippen molar-refractivity contribution in [3.63, 3.8) is 0 Å². The standard InChI is InChI=1S/C14H13FN2O2S2/c1-10(11-3-5-12(15)6-4-11)17(2)21(18,19)14-8-7-13(9-16)20-14/h3-8,10H,1-2H3/t10-/m1/s1. The second-order valence-electron chi connectivity index (χ2n) is 4.48. The molecule has 0 fully saturated rings. The summed E-state index contributed by atoms with van der Waals surface area (Å²) in [4.78, 5) is 0.344. The zero-order valence-electron chi connectivity index (χ0n) is 11.4. The van der Waals surface area contributed by atoms with Crippen molar-refractivity contribution >= 4 is 21.4 Å². The molecular formula is C14H13FN2O2S2. The van der Waals surface area contributed by atoms with E-state index in [1.165, 1.54) is 35.6 Å². The van der Waals surface area contributed by atoms with E-state index in [1.54, 1.807) is 19.1 Å². The molecule has 0 saturated heterocycles. The van der Waals surface area contributed by atoms with E-state index < -0.39 is 16.1 Å². The lowest BCUT2D eigenvalue weighted by Gasteiger charge is -2.24. The summed E-state index contributed by atoms with van der Waals surface area (Å²) in [6.07, 6.45) is 0. The normalized spacial score (nSPS) is 13.1. The number of nitrogens with zero attached hydrogens (tertiary/aromatic N) is 2. The summed E-state index contributed by atoms with van der Waals surface area (Å²) < 4.78 is 39.3. The van der Waals surface area contributed by atoms with Gasteiger partial charge in [0.15, 0.2) is 0 Å². The molecule has 1 heterocycles. The Morgan fingerprint density at radius 1 is 1.24 bits per heavy atom. The van der Waals surface area contributed by atoms with Crippen molar-refractivity contribution in [2.24, 2.45) is 0 Å². The minimum atomic E-state index is -3.68. The van der Waals surface area contributed by atoms with E-state index in [1.807, 2.05) is 6.07 Å². The van der Waals surface area contributed by atoms with Gasteiger partial charge in [-0.25, -0.2) is 12.8 Å². The third-order valence-electron chi connectivity index (χ3n) is 3.22. The highest BCUT2D eigenvalue weighted by Gasteiger charge is 2.27. The van der Waals surface area contributed by atoms with Gasteiger partial charge in [-0.05, 0) is 36.8 Å². The highest BCUT2D eigenvalue weighted by atomic mass is 32.2. The van der Waals surface area contributed by atoms with E-state index >= 15 is 0 Å². The molecule has 1 aromatic heterocycles. The Kier molecular flexibility index (Phi) is 4.42. The summed E-state index contributed by atoms with van der Waals surface area (Å²) >= 11 is 0.932. The molecule has 0 unspecified atom stereocenters. The van der Waals surface area contributed by atoms with Gasteiger partial charge in [-0.2, -0.15) is 9.57 Å². The molecule has 0 N–H and O–H groups in total. The first kappa shape index (κ1) is 15.6. The fraction of sp³-hybridized carbons (Fsp3) is 0.214. The predicted octanol–water partition coefficient (Wildman–Crippen LogP) is 3.14. The first-order valence-corrected chi connectivity index (χ1v) is 8.35. The molecule has 0 aliphatic rings. The van der Waals surface area contributed by atoms with E-state index in [9.17, 15) is 12.8 Å². The van der Waals surface area contributed by atoms with Gasteiger partial charge in [0.05, 0.1) is 0 Å². The smallest absolute Gasteiger partial charge is 0.207 e. The summed E-state index contributed by atoms with van der Waals surface area (Å²) in [7, 11) is -2.21. The fourth-order valence-corrected chi connectivity index (χ4v) is 4.46. The molecule has 2 rings (SSSR count). The van der Waals surface area contributed by atoms with E-state index in [0.717, 1.165) is 11.3 Å². The van der Waals surface area contributed by atoms with Crippen LogP contribution in [0.4, 0.5) is 4.39 Å². The minimum absolute atomic E-state index is 0.121. The number of hydrogen-bond acceptors (Lipinski definition) is 4. The molecule has 0 amide bonds. The summed E-state index contributed by atoms with van der Waals surface area (Å²) in [5, 5.41) is 8.78. The van der Waals surface area contributed by atoms with E-state index in [0.29, 0.717) is 10.4 Å². The van der Waals surface area contributed by atoms with Crippen molar-refractivity contribution in [2.45, 2.75) is 17.2 Å². The molecule has 0 bridgehead atoms. The van der Waals surface area contributed by atoms with Crippen molar-refractivity contribution < 1.29 is 12.8 Å². The zero-order chi connectivity index (χ0) is 15.6. The topological polar surface area (TPSA) is 61.2 Å². The van der Waals surface area contributed by atoms with Crippen LogP contribution >= 0.6 is 11.3 Å². The van der Waals surface area contributed by atoms with Gasteiger partial charge in [0.2, 0.25) is 0 Å². The van der Waals surface area contributed by atoms with Crippen LogP contribution in [0.1, 0.15) is 23.4 Å². The number of sulfonamides is 1. The molecule has 0 radical (unpaired) electrons. The first-order chi connectivity index (χ1) is 9.86. The van der Waals surface area contributed by atoms with Gasteiger partial charge in [-0.1, -0.05) is 12.1 Å². The Morgan fingerprint density at radius 3 is 2.38 bits per heavy atom. The van der Waals surface area contributed by atoms with Crippen LogP contribution in [0.3, 0.4) is 0 Å². The molecule has 0 aliphatic heterocycles. The van der Waals surface area contributed by atoms with Crippen LogP contribution < -0.4 is 0 Å². The van der Waals surface area contributed by atoms with Crippen molar-refractivity contribution in [1.29, 1.82) is 5.26 Å². The lowest BCUT2D eigenvalue weighted by atomic mass is 10.1. The van der Waals surface area contributed by atoms with Gasteiger partial charge in [-0.3, -0.25) is 0 Å². The molecule has 0 saturated carbocycles. The number of benzene rings is 1. The Morgan fingerprint density at radius 2 is 1.86 bits per heavy atom. The summed E-state index contributed by atoms with van der Waals surface area (Å²) in [5.41, 5.74) is 0.694. The minimum Gasteiger partial charge on any atom is -0.207 e. The van der Waals surface area contributed by atoms with Gasteiger partial charge in [0.1, 0.15) is 21.0 Å². The third kappa shape index (κ3) is 3.13. The molecule has 0 aliphatic carbocycles. The van der Waals surface area contributed by atoms with Crippen LogP contribution in [0.2, 0.25) is 0 Å². The number of hydrogen-bond donors (Lipinski definition) is 0. The summed E-state index contributed by atoms with van der Waals surface area (Å²) in [6, 6.07) is 10.1. The Hall–Kier alpha value is -1.75. The van der Waals surface area contributed by atoms with Crippen LogP contribution in [-0.4, -0.2) is 19.8 Å². The van der Waals surface area contributed by atoms with Gasteiger partial charge in [0, 0.05) is 13.1 Å². The maximum atomic E-state index is 12.9. The highest BCUT2D eigenvalue weighted by Crippen LogP contribution is 2.29. The maximum absolute atomic E-state index is 12.9. The van der Waals surface area contributed by atoms with Gasteiger partial charge in [0.25, 0.3) is 10.0 Å². The molecule has 4 nitrogen and oxygen atoms in total. The molecule has 2 aromatic rings. The Bertz CT molecular complexity index is 776. The molecule has 0 spiro atoms. The predicted molar refractivity (Wildman–Crippen MR) is 78.8 cm³/mol. The monoisotopic (exact) mass is 324 g/mol. The molecule has 1 aromatic carbocycles. The van der Waals surface area contributed by atoms with Crippen LogP contribution in [0.25, 0.3) is 0 Å². The van der Waals surface area contributed by atoms with Crippen molar-refractivity contribution in [1.82, 2.24) is 4.31 Å². The van der Waals surface area contributed by atoms with Crippen LogP contribution in [-0.2, 0) is 10.0 Å².